The van der Waals surface area contributed by atoms with Crippen LogP contribution in [0.4, 0.5) is 4.39 Å². The summed E-state index contributed by atoms with van der Waals surface area (Å²) < 4.78 is 14.7. The average Bonchev–Trinajstić information content (AvgIpc) is 3.35. The monoisotopic (exact) mass is 696 g/mol. The highest BCUT2D eigenvalue weighted by molar-refractivity contribution is 6.34. The van der Waals surface area contributed by atoms with Crippen molar-refractivity contribution in [3.63, 3.8) is 0 Å². The number of aromatic hydroxyl groups is 1. The van der Waals surface area contributed by atoms with Crippen molar-refractivity contribution in [3.8, 4) is 5.75 Å². The summed E-state index contributed by atoms with van der Waals surface area (Å²) in [7, 11) is 6.15. The van der Waals surface area contributed by atoms with E-state index in [9.17, 15) is 33.5 Å². The summed E-state index contributed by atoms with van der Waals surface area (Å²) in [5.74, 6) is -3.73. The van der Waals surface area contributed by atoms with Gasteiger partial charge in [-0.2, -0.15) is 0 Å². The molecule has 0 saturated heterocycles. The van der Waals surface area contributed by atoms with Crippen LogP contribution < -0.4 is 10.9 Å². The highest BCUT2D eigenvalue weighted by Gasteiger charge is 2.55. The number of hydrogen-bond donors (Lipinski definition) is 2. The van der Waals surface area contributed by atoms with E-state index in [0.29, 0.717) is 18.4 Å². The lowest BCUT2D eigenvalue weighted by Gasteiger charge is -2.47. The molecule has 3 aromatic carbocycles. The van der Waals surface area contributed by atoms with Gasteiger partial charge < -0.3 is 25.1 Å². The number of rotatable bonds is 8. The highest BCUT2D eigenvalue weighted by Crippen LogP contribution is 2.52. The normalized spacial score (nSPS) is 19.2. The van der Waals surface area contributed by atoms with E-state index < -0.39 is 51.5 Å². The molecule has 51 heavy (non-hydrogen) atoms. The zero-order valence-corrected chi connectivity index (χ0v) is 29.1. The molecule has 0 atom stereocenters. The number of aromatic nitrogens is 2. The Bertz CT molecular complexity index is 2080. The average molecular weight is 697 g/mol. The molecule has 1 aliphatic carbocycles. The Labute approximate surface area is 294 Å². The van der Waals surface area contributed by atoms with Gasteiger partial charge in [0.15, 0.2) is 5.69 Å². The van der Waals surface area contributed by atoms with Crippen molar-refractivity contribution in [1.29, 1.82) is 0 Å². The van der Waals surface area contributed by atoms with Crippen LogP contribution in [0.2, 0.25) is 0 Å². The number of fused-ring (bicyclic) bond motifs is 3. The predicted octanol–water partition coefficient (Wildman–Crippen LogP) is 3.19. The fraction of sp³-hybridized carbons (Fsp3) is 0.368. The number of nitrogens with zero attached hydrogens (tertiary/aromatic N) is 5. The Morgan fingerprint density at radius 2 is 1.57 bits per heavy atom. The largest absolute Gasteiger partial charge is 0.501 e. The Morgan fingerprint density at radius 1 is 0.902 bits per heavy atom. The fourth-order valence-electron chi connectivity index (χ4n) is 7.54. The molecule has 3 heterocycles. The quantitative estimate of drug-likeness (QED) is 0.269. The van der Waals surface area contributed by atoms with Gasteiger partial charge in [0.05, 0.1) is 6.42 Å². The second-order valence-corrected chi connectivity index (χ2v) is 14.0. The van der Waals surface area contributed by atoms with Crippen LogP contribution in [0.25, 0.3) is 10.8 Å². The number of carbonyl (C=O) groups is 4. The third-order valence-electron chi connectivity index (χ3n) is 10.5. The molecular weight excluding hydrogens is 655 g/mol. The van der Waals surface area contributed by atoms with E-state index >= 15 is 0 Å². The van der Waals surface area contributed by atoms with Gasteiger partial charge in [0.1, 0.15) is 17.2 Å². The number of benzene rings is 3. The van der Waals surface area contributed by atoms with Crippen molar-refractivity contribution in [2.75, 3.05) is 34.7 Å². The molecule has 2 aliphatic heterocycles. The number of hydrogen-bond acceptors (Lipinski definition) is 7. The maximum Gasteiger partial charge on any atom is 0.312 e. The molecule has 7 rings (SSSR count). The first-order chi connectivity index (χ1) is 24.2. The second kappa shape index (κ2) is 13.6. The van der Waals surface area contributed by atoms with Crippen molar-refractivity contribution < 1.29 is 28.7 Å². The first-order valence-electron chi connectivity index (χ1n) is 16.8. The molecule has 1 aromatic heterocycles. The van der Waals surface area contributed by atoms with E-state index in [0.717, 1.165) is 16.3 Å². The molecule has 266 valence electrons. The summed E-state index contributed by atoms with van der Waals surface area (Å²) in [6.07, 6.45) is 1.67. The van der Waals surface area contributed by atoms with Crippen LogP contribution in [0.15, 0.2) is 71.5 Å². The molecule has 2 bridgehead atoms. The zero-order valence-electron chi connectivity index (χ0n) is 29.1. The molecule has 13 heteroatoms. The van der Waals surface area contributed by atoms with Crippen LogP contribution in [-0.2, 0) is 39.4 Å². The van der Waals surface area contributed by atoms with E-state index in [1.54, 1.807) is 11.9 Å². The van der Waals surface area contributed by atoms with Gasteiger partial charge in [-0.1, -0.05) is 54.6 Å². The topological polar surface area (TPSA) is 145 Å². The summed E-state index contributed by atoms with van der Waals surface area (Å²) in [5.41, 5.74) is -1.81. The van der Waals surface area contributed by atoms with Crippen molar-refractivity contribution in [2.45, 2.75) is 50.7 Å². The summed E-state index contributed by atoms with van der Waals surface area (Å²) >= 11 is 0. The van der Waals surface area contributed by atoms with Crippen LogP contribution in [0.5, 0.6) is 5.75 Å². The third-order valence-corrected chi connectivity index (χ3v) is 10.5. The van der Waals surface area contributed by atoms with Crippen molar-refractivity contribution >= 4 is 34.4 Å². The van der Waals surface area contributed by atoms with Gasteiger partial charge in [0.25, 0.3) is 11.5 Å². The van der Waals surface area contributed by atoms with Gasteiger partial charge in [-0.25, -0.2) is 9.37 Å². The molecule has 4 amide bonds. The van der Waals surface area contributed by atoms with Crippen LogP contribution in [0.1, 0.15) is 53.1 Å². The maximum atomic E-state index is 14.0. The molecule has 2 N–H and O–H groups in total. The number of nitrogens with one attached hydrogen (secondary N) is 1. The van der Waals surface area contributed by atoms with E-state index in [2.05, 4.69) is 10.3 Å². The van der Waals surface area contributed by atoms with Crippen LogP contribution >= 0.6 is 0 Å². The minimum absolute atomic E-state index is 0.0260. The van der Waals surface area contributed by atoms with Crippen LogP contribution in [0.3, 0.4) is 0 Å². The third kappa shape index (κ3) is 6.55. The Kier molecular flexibility index (Phi) is 9.41. The minimum Gasteiger partial charge on any atom is -0.501 e. The molecule has 1 saturated carbocycles. The molecule has 12 nitrogen and oxygen atoms in total. The number of carbonyl (C=O) groups excluding carboxylic acids is 4. The van der Waals surface area contributed by atoms with Gasteiger partial charge in [-0.3, -0.25) is 28.5 Å². The first kappa shape index (κ1) is 35.2. The lowest BCUT2D eigenvalue weighted by atomic mass is 9.67. The molecule has 0 unspecified atom stereocenters. The lowest BCUT2D eigenvalue weighted by molar-refractivity contribution is -0.155. The van der Waals surface area contributed by atoms with Crippen LogP contribution in [0, 0.1) is 11.2 Å². The molecule has 0 radical (unpaired) electrons. The lowest BCUT2D eigenvalue weighted by Crippen LogP contribution is -2.55. The Balaban J connectivity index is 1.34. The fourth-order valence-corrected chi connectivity index (χ4v) is 7.54. The molecule has 0 spiro atoms. The van der Waals surface area contributed by atoms with E-state index in [4.69, 9.17) is 0 Å². The number of likely N-dealkylation sites (N-methyl/N-ethyl adjacent to an activating group) is 3. The highest BCUT2D eigenvalue weighted by atomic mass is 19.1. The standard InChI is InChI=1S/C38H41FN6O6/c1-42(2)34(50)35(51)44(4)38-18-16-37(17-19-38,22-43(3)29(46)20-26-10-7-9-25-8-5-6-11-28(25)26)23-45-33(49)31(47)30(41-36(38)45)32(48)40-21-24-12-14-27(39)15-13-24/h5-15,47H,16-23H2,1-4H3,(H,40,48). The van der Waals surface area contributed by atoms with Gasteiger partial charge in [0.2, 0.25) is 11.7 Å². The SMILES string of the molecule is CN(C)C(=O)C(=O)N(C)C12CCC(CN(C)C(=O)Cc3cccc4ccccc34)(CC1)Cn1c2nc(C(=O)NCc2ccc(F)cc2)c(O)c1=O. The van der Waals surface area contributed by atoms with Crippen molar-refractivity contribution in [1.82, 2.24) is 29.6 Å². The van der Waals surface area contributed by atoms with Gasteiger partial charge in [0, 0.05) is 53.2 Å². The summed E-state index contributed by atoms with van der Waals surface area (Å²) in [4.78, 5) is 76.3. The maximum absolute atomic E-state index is 14.0. The van der Waals surface area contributed by atoms with Crippen molar-refractivity contribution in [2.24, 2.45) is 5.41 Å². The molecular formula is C38H41FN6O6. The smallest absolute Gasteiger partial charge is 0.312 e. The molecule has 1 fully saturated rings. The molecule has 3 aliphatic rings. The summed E-state index contributed by atoms with van der Waals surface area (Å²) in [6, 6.07) is 19.2. The Morgan fingerprint density at radius 3 is 2.25 bits per heavy atom. The van der Waals surface area contributed by atoms with Crippen molar-refractivity contribution in [3.05, 3.63) is 106 Å². The van der Waals surface area contributed by atoms with E-state index in [1.165, 1.54) is 59.8 Å². The van der Waals surface area contributed by atoms with E-state index in [-0.39, 0.29) is 50.6 Å². The summed E-state index contributed by atoms with van der Waals surface area (Å²) in [6.45, 7) is 0.325. The number of halogens is 1. The second-order valence-electron chi connectivity index (χ2n) is 14.0. The summed E-state index contributed by atoms with van der Waals surface area (Å²) in [5, 5.41) is 15.8. The van der Waals surface area contributed by atoms with Gasteiger partial charge in [-0.15, -0.1) is 0 Å². The predicted molar refractivity (Wildman–Crippen MR) is 187 cm³/mol. The molecule has 4 aromatic rings. The minimum atomic E-state index is -1.27. The first-order valence-corrected chi connectivity index (χ1v) is 16.8. The van der Waals surface area contributed by atoms with Gasteiger partial charge >= 0.3 is 11.8 Å². The van der Waals surface area contributed by atoms with Gasteiger partial charge in [-0.05, 0) is 59.7 Å². The van der Waals surface area contributed by atoms with Crippen LogP contribution in [-0.4, -0.2) is 87.7 Å². The number of amides is 4. The van der Waals surface area contributed by atoms with E-state index in [1.807, 2.05) is 42.5 Å². The zero-order chi connectivity index (χ0) is 36.7. The Hall–Kier alpha value is -5.59.